The molecule has 148 valence electrons. The first-order valence-corrected chi connectivity index (χ1v) is 9.61. The maximum Gasteiger partial charge on any atom is 0.287 e. The van der Waals surface area contributed by atoms with Crippen LogP contribution in [-0.4, -0.2) is 22.1 Å². The zero-order chi connectivity index (χ0) is 20.2. The van der Waals surface area contributed by atoms with E-state index in [2.05, 4.69) is 9.88 Å². The van der Waals surface area contributed by atoms with Gasteiger partial charge in [-0.05, 0) is 55.8 Å². The SMILES string of the molecule is Cc1cccc(OCCn2c([C@@H](C)NC(=O)c3ccco3)nc3ccccc32)c1. The van der Waals surface area contributed by atoms with Gasteiger partial charge in [-0.2, -0.15) is 0 Å². The van der Waals surface area contributed by atoms with Crippen molar-refractivity contribution in [3.8, 4) is 5.75 Å². The van der Waals surface area contributed by atoms with Crippen molar-refractivity contribution in [1.29, 1.82) is 0 Å². The number of carbonyl (C=O) groups excluding carboxylic acids is 1. The first-order valence-electron chi connectivity index (χ1n) is 9.61. The summed E-state index contributed by atoms with van der Waals surface area (Å²) < 4.78 is 13.2. The van der Waals surface area contributed by atoms with Crippen molar-refractivity contribution in [2.24, 2.45) is 0 Å². The Kier molecular flexibility index (Phi) is 5.33. The Hall–Kier alpha value is -3.54. The average Bonchev–Trinajstić information content (AvgIpc) is 3.37. The summed E-state index contributed by atoms with van der Waals surface area (Å²) in [7, 11) is 0. The molecule has 1 N–H and O–H groups in total. The second-order valence-electron chi connectivity index (χ2n) is 6.95. The number of ether oxygens (including phenoxy) is 1. The van der Waals surface area contributed by atoms with Gasteiger partial charge in [0.25, 0.3) is 5.91 Å². The van der Waals surface area contributed by atoms with E-state index in [9.17, 15) is 4.79 Å². The minimum atomic E-state index is -0.293. The number of nitrogens with one attached hydrogen (secondary N) is 1. The summed E-state index contributed by atoms with van der Waals surface area (Å²) >= 11 is 0. The molecule has 2 aromatic carbocycles. The summed E-state index contributed by atoms with van der Waals surface area (Å²) in [4.78, 5) is 17.1. The smallest absolute Gasteiger partial charge is 0.287 e. The van der Waals surface area contributed by atoms with Crippen LogP contribution in [-0.2, 0) is 6.54 Å². The van der Waals surface area contributed by atoms with Crippen molar-refractivity contribution in [2.45, 2.75) is 26.4 Å². The molecular formula is C23H23N3O3. The lowest BCUT2D eigenvalue weighted by Crippen LogP contribution is -2.28. The Morgan fingerprint density at radius 3 is 2.83 bits per heavy atom. The molecule has 0 aliphatic rings. The number of furan rings is 1. The molecule has 1 atom stereocenters. The third-order valence-electron chi connectivity index (χ3n) is 4.74. The lowest BCUT2D eigenvalue weighted by atomic mass is 10.2. The van der Waals surface area contributed by atoms with Crippen molar-refractivity contribution >= 4 is 16.9 Å². The van der Waals surface area contributed by atoms with Crippen LogP contribution in [0.4, 0.5) is 0 Å². The predicted octanol–water partition coefficient (Wildman–Crippen LogP) is 4.51. The van der Waals surface area contributed by atoms with E-state index in [-0.39, 0.29) is 17.7 Å². The van der Waals surface area contributed by atoms with Gasteiger partial charge >= 0.3 is 0 Å². The molecule has 4 aromatic rings. The summed E-state index contributed by atoms with van der Waals surface area (Å²) in [6.45, 7) is 5.07. The molecule has 0 saturated carbocycles. The first kappa shape index (κ1) is 18.8. The van der Waals surface area contributed by atoms with Gasteiger partial charge in [0.1, 0.15) is 18.2 Å². The number of nitrogens with zero attached hydrogens (tertiary/aromatic N) is 2. The van der Waals surface area contributed by atoms with Crippen LogP contribution in [0.2, 0.25) is 0 Å². The van der Waals surface area contributed by atoms with E-state index in [1.165, 1.54) is 6.26 Å². The number of aromatic nitrogens is 2. The number of carbonyl (C=O) groups is 1. The van der Waals surface area contributed by atoms with Gasteiger partial charge in [-0.25, -0.2) is 4.98 Å². The number of imidazole rings is 1. The molecule has 6 heteroatoms. The van der Waals surface area contributed by atoms with Crippen LogP contribution >= 0.6 is 0 Å². The lowest BCUT2D eigenvalue weighted by Gasteiger charge is -2.16. The average molecular weight is 389 g/mol. The van der Waals surface area contributed by atoms with Crippen LogP contribution in [0.15, 0.2) is 71.3 Å². The minimum Gasteiger partial charge on any atom is -0.492 e. The van der Waals surface area contributed by atoms with Crippen molar-refractivity contribution in [2.75, 3.05) is 6.61 Å². The number of rotatable bonds is 7. The zero-order valence-corrected chi connectivity index (χ0v) is 16.5. The number of aryl methyl sites for hydroxylation is 1. The summed E-state index contributed by atoms with van der Waals surface area (Å²) in [5.74, 6) is 1.63. The third kappa shape index (κ3) is 4.16. The van der Waals surface area contributed by atoms with Gasteiger partial charge in [-0.15, -0.1) is 0 Å². The van der Waals surface area contributed by atoms with Crippen LogP contribution in [0, 0.1) is 6.92 Å². The molecule has 0 aliphatic heterocycles. The predicted molar refractivity (Wildman–Crippen MR) is 111 cm³/mol. The molecular weight excluding hydrogens is 366 g/mol. The Balaban J connectivity index is 1.54. The summed E-state index contributed by atoms with van der Waals surface area (Å²) in [6, 6.07) is 19.0. The van der Waals surface area contributed by atoms with Gasteiger partial charge in [0.2, 0.25) is 0 Å². The van der Waals surface area contributed by atoms with E-state index in [1.807, 2.05) is 62.4 Å². The molecule has 0 aliphatic carbocycles. The highest BCUT2D eigenvalue weighted by Gasteiger charge is 2.20. The highest BCUT2D eigenvalue weighted by molar-refractivity contribution is 5.91. The molecule has 29 heavy (non-hydrogen) atoms. The highest BCUT2D eigenvalue weighted by Crippen LogP contribution is 2.22. The first-order chi connectivity index (χ1) is 14.1. The summed E-state index contributed by atoms with van der Waals surface area (Å²) in [6.07, 6.45) is 1.48. The second kappa shape index (κ2) is 8.22. The van der Waals surface area contributed by atoms with Crippen molar-refractivity contribution < 1.29 is 13.9 Å². The van der Waals surface area contributed by atoms with Crippen molar-refractivity contribution in [1.82, 2.24) is 14.9 Å². The van der Waals surface area contributed by atoms with Gasteiger partial charge < -0.3 is 19.0 Å². The topological polar surface area (TPSA) is 69.3 Å². The van der Waals surface area contributed by atoms with E-state index in [0.29, 0.717) is 13.2 Å². The molecule has 2 aromatic heterocycles. The number of benzene rings is 2. The van der Waals surface area contributed by atoms with E-state index < -0.39 is 0 Å². The van der Waals surface area contributed by atoms with Crippen LogP contribution in [0.3, 0.4) is 0 Å². The third-order valence-corrected chi connectivity index (χ3v) is 4.74. The van der Waals surface area contributed by atoms with Crippen LogP contribution in [0.5, 0.6) is 5.75 Å². The van der Waals surface area contributed by atoms with Gasteiger partial charge in [-0.1, -0.05) is 24.3 Å². The highest BCUT2D eigenvalue weighted by atomic mass is 16.5. The van der Waals surface area contributed by atoms with Crippen LogP contribution in [0.25, 0.3) is 11.0 Å². The zero-order valence-electron chi connectivity index (χ0n) is 16.5. The quantitative estimate of drug-likeness (QED) is 0.505. The number of para-hydroxylation sites is 2. The van der Waals surface area contributed by atoms with Gasteiger partial charge in [0.15, 0.2) is 5.76 Å². The van der Waals surface area contributed by atoms with E-state index in [4.69, 9.17) is 14.1 Å². The minimum absolute atomic E-state index is 0.267. The van der Waals surface area contributed by atoms with E-state index in [0.717, 1.165) is 28.2 Å². The molecule has 0 spiro atoms. The fraction of sp³-hybridized carbons (Fsp3) is 0.217. The van der Waals surface area contributed by atoms with Crippen molar-refractivity contribution in [3.05, 3.63) is 84.1 Å². The number of fused-ring (bicyclic) bond motifs is 1. The molecule has 0 saturated heterocycles. The van der Waals surface area contributed by atoms with Crippen LogP contribution in [0.1, 0.15) is 34.9 Å². The van der Waals surface area contributed by atoms with Gasteiger partial charge in [0, 0.05) is 0 Å². The maximum atomic E-state index is 12.4. The monoisotopic (exact) mass is 389 g/mol. The Bertz CT molecular complexity index is 1120. The summed E-state index contributed by atoms with van der Waals surface area (Å²) in [5.41, 5.74) is 3.05. The van der Waals surface area contributed by atoms with E-state index >= 15 is 0 Å². The Morgan fingerprint density at radius 1 is 1.17 bits per heavy atom. The van der Waals surface area contributed by atoms with Gasteiger partial charge in [0.05, 0.1) is 29.9 Å². The summed E-state index contributed by atoms with van der Waals surface area (Å²) in [5, 5.41) is 2.96. The largest absolute Gasteiger partial charge is 0.492 e. The standard InChI is InChI=1S/C23H23N3O3/c1-16-7-5-8-18(15-16)28-14-12-26-20-10-4-3-9-19(20)25-22(26)17(2)24-23(27)21-11-6-13-29-21/h3-11,13,15,17H,12,14H2,1-2H3,(H,24,27)/t17-/m1/s1. The second-order valence-corrected chi connectivity index (χ2v) is 6.95. The lowest BCUT2D eigenvalue weighted by molar-refractivity contribution is 0.0909. The fourth-order valence-corrected chi connectivity index (χ4v) is 3.36. The number of hydrogen-bond donors (Lipinski definition) is 1. The van der Waals surface area contributed by atoms with E-state index in [1.54, 1.807) is 12.1 Å². The number of hydrogen-bond acceptors (Lipinski definition) is 4. The molecule has 1 amide bonds. The molecule has 6 nitrogen and oxygen atoms in total. The molecule has 0 radical (unpaired) electrons. The molecule has 0 bridgehead atoms. The normalized spacial score (nSPS) is 12.1. The van der Waals surface area contributed by atoms with Crippen molar-refractivity contribution in [3.63, 3.8) is 0 Å². The maximum absolute atomic E-state index is 12.4. The van der Waals surface area contributed by atoms with Gasteiger partial charge in [-0.3, -0.25) is 4.79 Å². The number of amides is 1. The Labute approximate surface area is 169 Å². The molecule has 0 fully saturated rings. The molecule has 4 rings (SSSR count). The fourth-order valence-electron chi connectivity index (χ4n) is 3.36. The molecule has 2 heterocycles. The molecule has 0 unspecified atom stereocenters. The Morgan fingerprint density at radius 2 is 2.03 bits per heavy atom. The van der Waals surface area contributed by atoms with Crippen LogP contribution < -0.4 is 10.1 Å².